The lowest BCUT2D eigenvalue weighted by Gasteiger charge is -2.13. The Morgan fingerprint density at radius 3 is 2.06 bits per heavy atom. The summed E-state index contributed by atoms with van der Waals surface area (Å²) in [4.78, 5) is 26.4. The Bertz CT molecular complexity index is 1160. The zero-order chi connectivity index (χ0) is 23.3. The van der Waals surface area contributed by atoms with Crippen molar-refractivity contribution in [3.63, 3.8) is 0 Å². The number of carbonyl (C=O) groups excluding carboxylic acids is 2. The van der Waals surface area contributed by atoms with Gasteiger partial charge in [-0.05, 0) is 38.1 Å². The van der Waals surface area contributed by atoms with Crippen molar-refractivity contribution < 1.29 is 23.6 Å². The van der Waals surface area contributed by atoms with Crippen LogP contribution in [0.1, 0.15) is 40.1 Å². The highest BCUT2D eigenvalue weighted by molar-refractivity contribution is 7.72. The summed E-state index contributed by atoms with van der Waals surface area (Å²) in [5.41, 5.74) is -0.222. The third-order valence-electron chi connectivity index (χ3n) is 4.53. The molecular formula is C24H20Cl2O5P+. The van der Waals surface area contributed by atoms with Gasteiger partial charge in [0.2, 0.25) is 0 Å². The molecule has 3 aromatic rings. The second-order valence-corrected chi connectivity index (χ2v) is 8.80. The summed E-state index contributed by atoms with van der Waals surface area (Å²) in [5, 5.41) is 0.169. The first-order chi connectivity index (χ1) is 15.4. The van der Waals surface area contributed by atoms with Crippen molar-refractivity contribution in [2.75, 3.05) is 13.2 Å². The van der Waals surface area contributed by atoms with Gasteiger partial charge in [-0.25, -0.2) is 4.79 Å². The van der Waals surface area contributed by atoms with Crippen molar-refractivity contribution in [3.8, 4) is 11.5 Å². The van der Waals surface area contributed by atoms with Crippen molar-refractivity contribution >= 4 is 47.6 Å². The lowest BCUT2D eigenvalue weighted by Crippen LogP contribution is -2.18. The molecule has 0 N–H and O–H groups in total. The van der Waals surface area contributed by atoms with E-state index in [0.29, 0.717) is 5.56 Å². The second-order valence-electron chi connectivity index (χ2n) is 6.55. The third kappa shape index (κ3) is 4.86. The maximum atomic E-state index is 13.6. The van der Waals surface area contributed by atoms with Crippen LogP contribution in [0.25, 0.3) is 0 Å². The van der Waals surface area contributed by atoms with Gasteiger partial charge in [0.25, 0.3) is 5.30 Å². The molecule has 0 spiro atoms. The molecule has 0 heterocycles. The molecule has 5 nitrogen and oxygen atoms in total. The molecule has 0 radical (unpaired) electrons. The van der Waals surface area contributed by atoms with Crippen LogP contribution < -0.4 is 14.8 Å². The molecule has 0 bridgehead atoms. The fourth-order valence-electron chi connectivity index (χ4n) is 3.14. The molecule has 8 heteroatoms. The first-order valence-corrected chi connectivity index (χ1v) is 11.9. The SMILES string of the molecule is CCOc1ccc(C(=O)c2ccccc2)c(OCC)c1[P+](=O)C(=O)c1c(Cl)cccc1Cl. The number of hydrogen-bond donors (Lipinski definition) is 0. The number of halogens is 2. The molecule has 1 atom stereocenters. The van der Waals surface area contributed by atoms with Crippen molar-refractivity contribution in [2.24, 2.45) is 0 Å². The molecule has 0 fully saturated rings. The van der Waals surface area contributed by atoms with E-state index in [2.05, 4.69) is 0 Å². The highest BCUT2D eigenvalue weighted by Gasteiger charge is 2.43. The Morgan fingerprint density at radius 2 is 1.47 bits per heavy atom. The van der Waals surface area contributed by atoms with Gasteiger partial charge in [0.15, 0.2) is 17.3 Å². The Balaban J connectivity index is 2.21. The van der Waals surface area contributed by atoms with E-state index < -0.39 is 13.3 Å². The highest BCUT2D eigenvalue weighted by atomic mass is 35.5. The first kappa shape index (κ1) is 23.9. The fourth-order valence-corrected chi connectivity index (χ4v) is 5.19. The van der Waals surface area contributed by atoms with Gasteiger partial charge in [0, 0.05) is 5.56 Å². The maximum absolute atomic E-state index is 13.6. The van der Waals surface area contributed by atoms with E-state index >= 15 is 0 Å². The van der Waals surface area contributed by atoms with Crippen LogP contribution in [0.5, 0.6) is 11.5 Å². The molecule has 3 aromatic carbocycles. The lowest BCUT2D eigenvalue weighted by atomic mass is 10.0. The number of ether oxygens (including phenoxy) is 2. The van der Waals surface area contributed by atoms with Crippen LogP contribution in [0.2, 0.25) is 10.0 Å². The summed E-state index contributed by atoms with van der Waals surface area (Å²) < 4.78 is 25.0. The largest absolute Gasteiger partial charge is 0.489 e. The van der Waals surface area contributed by atoms with Crippen LogP contribution in [0.4, 0.5) is 0 Å². The third-order valence-corrected chi connectivity index (χ3v) is 6.58. The van der Waals surface area contributed by atoms with Gasteiger partial charge in [-0.3, -0.25) is 4.79 Å². The van der Waals surface area contributed by atoms with Gasteiger partial charge in [-0.1, -0.05) is 64.2 Å². The normalized spacial score (nSPS) is 11.1. The van der Waals surface area contributed by atoms with Gasteiger partial charge in [-0.15, -0.1) is 0 Å². The predicted molar refractivity (Wildman–Crippen MR) is 127 cm³/mol. The number of ketones is 1. The molecule has 0 saturated heterocycles. The van der Waals surface area contributed by atoms with Crippen molar-refractivity contribution in [2.45, 2.75) is 13.8 Å². The van der Waals surface area contributed by atoms with Crippen LogP contribution in [0, 0.1) is 0 Å². The minimum absolute atomic E-state index is 0.00599. The molecule has 32 heavy (non-hydrogen) atoms. The highest BCUT2D eigenvalue weighted by Crippen LogP contribution is 2.41. The second kappa shape index (κ2) is 10.7. The Labute approximate surface area is 197 Å². The monoisotopic (exact) mass is 489 g/mol. The van der Waals surface area contributed by atoms with Gasteiger partial charge < -0.3 is 9.47 Å². The topological polar surface area (TPSA) is 69.7 Å². The Morgan fingerprint density at radius 1 is 0.844 bits per heavy atom. The number of benzene rings is 3. The summed E-state index contributed by atoms with van der Waals surface area (Å²) in [7, 11) is -2.78. The number of rotatable bonds is 9. The lowest BCUT2D eigenvalue weighted by molar-refractivity contribution is 0.103. The Kier molecular flexibility index (Phi) is 8.03. The molecule has 0 aliphatic carbocycles. The quantitative estimate of drug-likeness (QED) is 0.260. The van der Waals surface area contributed by atoms with Crippen molar-refractivity contribution in [1.82, 2.24) is 0 Å². The average Bonchev–Trinajstić information content (AvgIpc) is 2.79. The zero-order valence-corrected chi connectivity index (χ0v) is 19.8. The van der Waals surface area contributed by atoms with E-state index in [4.69, 9.17) is 32.7 Å². The molecule has 0 aliphatic heterocycles. The predicted octanol–water partition coefficient (Wildman–Crippen LogP) is 6.31. The van der Waals surface area contributed by atoms with Gasteiger partial charge in [0.1, 0.15) is 5.56 Å². The minimum Gasteiger partial charge on any atom is -0.489 e. The smallest absolute Gasteiger partial charge is 0.466 e. The standard InChI is InChI=1S/C24H20Cl2O5P/c1-3-30-19-14-13-16(21(27)15-9-6-5-7-10-15)22(31-4-2)23(19)32(29)24(28)20-17(25)11-8-12-18(20)26/h5-14H,3-4H2,1-2H3/q+1. The maximum Gasteiger partial charge on any atom is 0.466 e. The molecule has 0 saturated carbocycles. The van der Waals surface area contributed by atoms with Crippen LogP contribution in [-0.2, 0) is 4.57 Å². The molecule has 0 aromatic heterocycles. The molecule has 3 rings (SSSR count). The van der Waals surface area contributed by atoms with Crippen molar-refractivity contribution in [1.29, 1.82) is 0 Å². The average molecular weight is 490 g/mol. The Hall–Kier alpha value is -2.72. The first-order valence-electron chi connectivity index (χ1n) is 9.88. The van der Waals surface area contributed by atoms with E-state index in [1.807, 2.05) is 0 Å². The fraction of sp³-hybridized carbons (Fsp3) is 0.167. The minimum atomic E-state index is -2.78. The molecule has 0 aliphatic rings. The van der Waals surface area contributed by atoms with E-state index in [1.54, 1.807) is 56.3 Å². The van der Waals surface area contributed by atoms with Gasteiger partial charge >= 0.3 is 13.3 Å². The van der Waals surface area contributed by atoms with Crippen molar-refractivity contribution in [3.05, 3.63) is 87.4 Å². The van der Waals surface area contributed by atoms with E-state index in [0.717, 1.165) is 0 Å². The van der Waals surface area contributed by atoms with Gasteiger partial charge in [-0.2, -0.15) is 0 Å². The summed E-state index contributed by atoms with van der Waals surface area (Å²) in [6.07, 6.45) is 0. The molecular weight excluding hydrogens is 470 g/mol. The number of hydrogen-bond acceptors (Lipinski definition) is 5. The van der Waals surface area contributed by atoms with E-state index in [9.17, 15) is 14.2 Å². The van der Waals surface area contributed by atoms with Crippen LogP contribution in [-0.4, -0.2) is 24.5 Å². The zero-order valence-electron chi connectivity index (χ0n) is 17.4. The summed E-state index contributed by atoms with van der Waals surface area (Å²) in [6.45, 7) is 3.93. The summed E-state index contributed by atoms with van der Waals surface area (Å²) >= 11 is 12.3. The van der Waals surface area contributed by atoms with Crippen LogP contribution >= 0.6 is 31.0 Å². The van der Waals surface area contributed by atoms with Crippen LogP contribution in [0.3, 0.4) is 0 Å². The van der Waals surface area contributed by atoms with E-state index in [-0.39, 0.29) is 57.0 Å². The summed E-state index contributed by atoms with van der Waals surface area (Å²) in [6, 6.07) is 16.3. The number of carbonyl (C=O) groups is 2. The molecule has 164 valence electrons. The molecule has 0 amide bonds. The van der Waals surface area contributed by atoms with Crippen LogP contribution in [0.15, 0.2) is 60.7 Å². The van der Waals surface area contributed by atoms with Gasteiger partial charge in [0.05, 0.1) is 28.8 Å². The van der Waals surface area contributed by atoms with E-state index in [1.165, 1.54) is 18.2 Å². The summed E-state index contributed by atoms with van der Waals surface area (Å²) in [5.74, 6) is -0.0897. The molecule has 1 unspecified atom stereocenters.